The lowest BCUT2D eigenvalue weighted by molar-refractivity contribution is -0.134. The number of halogens is 1. The minimum Gasteiger partial charge on any atom is -0.497 e. The van der Waals surface area contributed by atoms with Crippen molar-refractivity contribution in [2.24, 2.45) is 11.0 Å². The van der Waals surface area contributed by atoms with Crippen molar-refractivity contribution in [2.45, 2.75) is 31.7 Å². The first-order chi connectivity index (χ1) is 18.5. The van der Waals surface area contributed by atoms with E-state index in [1.165, 1.54) is 17.7 Å². The van der Waals surface area contributed by atoms with Crippen LogP contribution in [-0.2, 0) is 11.2 Å². The Labute approximate surface area is 223 Å². The Bertz CT molecular complexity index is 1270. The fourth-order valence-electron chi connectivity index (χ4n) is 5.46. The van der Waals surface area contributed by atoms with Crippen LogP contribution >= 0.6 is 0 Å². The Balaban J connectivity index is 1.32. The first kappa shape index (κ1) is 25.9. The summed E-state index contributed by atoms with van der Waals surface area (Å²) in [4.78, 5) is 15.9. The SMILES string of the molecule is COc1ccc(OC)c(C2CC(c3ccc(F)cc3)=NN2C(=O)CN2CCC(Cc3ccccc3)CC2)c1. The predicted molar refractivity (Wildman–Crippen MR) is 146 cm³/mol. The van der Waals surface area contributed by atoms with Crippen molar-refractivity contribution in [3.63, 3.8) is 0 Å². The van der Waals surface area contributed by atoms with Gasteiger partial charge in [0.1, 0.15) is 17.3 Å². The number of nitrogens with zero attached hydrogens (tertiary/aromatic N) is 3. The summed E-state index contributed by atoms with van der Waals surface area (Å²) in [5, 5.41) is 6.36. The van der Waals surface area contributed by atoms with Crippen LogP contribution in [0.25, 0.3) is 0 Å². The number of carbonyl (C=O) groups excluding carboxylic acids is 1. The molecule has 1 unspecified atom stereocenters. The van der Waals surface area contributed by atoms with E-state index in [2.05, 4.69) is 35.2 Å². The van der Waals surface area contributed by atoms with Crippen molar-refractivity contribution in [1.82, 2.24) is 9.91 Å². The quantitative estimate of drug-likeness (QED) is 0.399. The molecule has 198 valence electrons. The Morgan fingerprint density at radius 2 is 1.71 bits per heavy atom. The van der Waals surface area contributed by atoms with Crippen LogP contribution in [0.5, 0.6) is 11.5 Å². The lowest BCUT2D eigenvalue weighted by Crippen LogP contribution is -2.42. The van der Waals surface area contributed by atoms with Gasteiger partial charge in [-0.1, -0.05) is 42.5 Å². The molecule has 0 N–H and O–H groups in total. The average Bonchev–Trinajstić information content (AvgIpc) is 3.40. The molecule has 0 radical (unpaired) electrons. The van der Waals surface area contributed by atoms with Crippen LogP contribution in [0.4, 0.5) is 4.39 Å². The molecule has 38 heavy (non-hydrogen) atoms. The fourth-order valence-corrected chi connectivity index (χ4v) is 5.46. The number of carbonyl (C=O) groups is 1. The maximum absolute atomic E-state index is 13.7. The molecule has 2 heterocycles. The zero-order valence-corrected chi connectivity index (χ0v) is 22.0. The molecule has 1 saturated heterocycles. The second kappa shape index (κ2) is 11.8. The number of hydrogen-bond acceptors (Lipinski definition) is 5. The molecular formula is C31H34FN3O3. The van der Waals surface area contributed by atoms with E-state index in [-0.39, 0.29) is 17.8 Å². The third-order valence-corrected chi connectivity index (χ3v) is 7.57. The third-order valence-electron chi connectivity index (χ3n) is 7.57. The molecule has 1 atom stereocenters. The molecule has 1 fully saturated rings. The van der Waals surface area contributed by atoms with Crippen molar-refractivity contribution in [3.8, 4) is 11.5 Å². The van der Waals surface area contributed by atoms with Crippen LogP contribution in [-0.4, -0.2) is 55.4 Å². The van der Waals surface area contributed by atoms with Crippen LogP contribution in [0.1, 0.15) is 42.0 Å². The normalized spacial score (nSPS) is 18.3. The number of hydrogen-bond donors (Lipinski definition) is 0. The Morgan fingerprint density at radius 3 is 2.39 bits per heavy atom. The highest BCUT2D eigenvalue weighted by atomic mass is 19.1. The number of hydrazone groups is 1. The Hall–Kier alpha value is -3.71. The minimum absolute atomic E-state index is 0.0569. The molecule has 1 amide bonds. The summed E-state index contributed by atoms with van der Waals surface area (Å²) in [6.07, 6.45) is 3.72. The summed E-state index contributed by atoms with van der Waals surface area (Å²) in [7, 11) is 3.23. The summed E-state index contributed by atoms with van der Waals surface area (Å²) in [5.74, 6) is 1.63. The van der Waals surface area contributed by atoms with Crippen LogP contribution in [0.15, 0.2) is 77.9 Å². The second-order valence-corrected chi connectivity index (χ2v) is 10.0. The van der Waals surface area contributed by atoms with Gasteiger partial charge in [-0.2, -0.15) is 5.10 Å². The largest absolute Gasteiger partial charge is 0.497 e. The van der Waals surface area contributed by atoms with Gasteiger partial charge in [-0.15, -0.1) is 0 Å². The number of piperidine rings is 1. The fraction of sp³-hybridized carbons (Fsp3) is 0.355. The van der Waals surface area contributed by atoms with Gasteiger partial charge in [0.2, 0.25) is 0 Å². The average molecular weight is 516 g/mol. The summed E-state index contributed by atoms with van der Waals surface area (Å²) < 4.78 is 24.7. The van der Waals surface area contributed by atoms with Gasteiger partial charge in [-0.25, -0.2) is 9.40 Å². The van der Waals surface area contributed by atoms with Gasteiger partial charge in [0, 0.05) is 12.0 Å². The number of rotatable bonds is 8. The predicted octanol–water partition coefficient (Wildman–Crippen LogP) is 5.48. The molecular weight excluding hydrogens is 481 g/mol. The topological polar surface area (TPSA) is 54.4 Å². The van der Waals surface area contributed by atoms with E-state index in [9.17, 15) is 9.18 Å². The molecule has 5 rings (SSSR count). The minimum atomic E-state index is -0.344. The molecule has 7 heteroatoms. The molecule has 0 aliphatic carbocycles. The molecule has 0 bridgehead atoms. The highest BCUT2D eigenvalue weighted by Gasteiger charge is 2.36. The number of ether oxygens (including phenoxy) is 2. The molecule has 2 aliphatic rings. The number of methoxy groups -OCH3 is 2. The molecule has 3 aromatic rings. The molecule has 0 saturated carbocycles. The smallest absolute Gasteiger partial charge is 0.257 e. The van der Waals surface area contributed by atoms with E-state index < -0.39 is 0 Å². The first-order valence-corrected chi connectivity index (χ1v) is 13.2. The highest BCUT2D eigenvalue weighted by molar-refractivity contribution is 6.03. The third kappa shape index (κ3) is 5.89. The van der Waals surface area contributed by atoms with Crippen molar-refractivity contribution in [3.05, 3.63) is 95.3 Å². The van der Waals surface area contributed by atoms with Crippen LogP contribution in [0.3, 0.4) is 0 Å². The van der Waals surface area contributed by atoms with E-state index >= 15 is 0 Å². The van der Waals surface area contributed by atoms with Gasteiger partial charge >= 0.3 is 0 Å². The van der Waals surface area contributed by atoms with Gasteiger partial charge in [0.25, 0.3) is 5.91 Å². The summed E-state index contributed by atoms with van der Waals surface area (Å²) in [6.45, 7) is 2.08. The van der Waals surface area contributed by atoms with Gasteiger partial charge < -0.3 is 9.47 Å². The number of amides is 1. The maximum atomic E-state index is 13.7. The van der Waals surface area contributed by atoms with Crippen molar-refractivity contribution >= 4 is 11.6 Å². The van der Waals surface area contributed by atoms with Gasteiger partial charge in [-0.3, -0.25) is 9.69 Å². The summed E-state index contributed by atoms with van der Waals surface area (Å²) in [6, 6.07) is 22.1. The first-order valence-electron chi connectivity index (χ1n) is 13.2. The van der Waals surface area contributed by atoms with E-state index in [1.54, 1.807) is 31.4 Å². The molecule has 0 spiro atoms. The summed E-state index contributed by atoms with van der Waals surface area (Å²) >= 11 is 0. The molecule has 0 aromatic heterocycles. The zero-order valence-electron chi connectivity index (χ0n) is 22.0. The Morgan fingerprint density at radius 1 is 0.974 bits per heavy atom. The van der Waals surface area contributed by atoms with Crippen molar-refractivity contribution in [2.75, 3.05) is 33.9 Å². The number of likely N-dealkylation sites (tertiary alicyclic amines) is 1. The number of benzene rings is 3. The lowest BCUT2D eigenvalue weighted by atomic mass is 9.90. The van der Waals surface area contributed by atoms with E-state index in [0.29, 0.717) is 30.4 Å². The van der Waals surface area contributed by atoms with E-state index in [1.807, 2.05) is 18.2 Å². The zero-order chi connectivity index (χ0) is 26.5. The standard InChI is InChI=1S/C31H34FN3O3/c1-37-26-12-13-30(38-2)27(19-26)29-20-28(24-8-10-25(32)11-9-24)33-35(29)31(36)21-34-16-14-23(15-17-34)18-22-6-4-3-5-7-22/h3-13,19,23,29H,14-18,20-21H2,1-2H3. The van der Waals surface area contributed by atoms with Gasteiger partial charge in [-0.05, 0) is 79.7 Å². The maximum Gasteiger partial charge on any atom is 0.257 e. The highest BCUT2D eigenvalue weighted by Crippen LogP contribution is 2.39. The van der Waals surface area contributed by atoms with E-state index in [0.717, 1.165) is 49.2 Å². The molecule has 3 aromatic carbocycles. The van der Waals surface area contributed by atoms with Crippen molar-refractivity contribution in [1.29, 1.82) is 0 Å². The van der Waals surface area contributed by atoms with Gasteiger partial charge in [0.05, 0.1) is 32.5 Å². The monoisotopic (exact) mass is 515 g/mol. The second-order valence-electron chi connectivity index (χ2n) is 10.0. The van der Waals surface area contributed by atoms with E-state index in [4.69, 9.17) is 14.6 Å². The van der Waals surface area contributed by atoms with Crippen LogP contribution in [0.2, 0.25) is 0 Å². The molecule has 2 aliphatic heterocycles. The summed E-state index contributed by atoms with van der Waals surface area (Å²) in [5.41, 5.74) is 3.75. The van der Waals surface area contributed by atoms with Gasteiger partial charge in [0.15, 0.2) is 0 Å². The van der Waals surface area contributed by atoms with Crippen molar-refractivity contribution < 1.29 is 18.7 Å². The molecule has 6 nitrogen and oxygen atoms in total. The van der Waals surface area contributed by atoms with Crippen LogP contribution < -0.4 is 9.47 Å². The lowest BCUT2D eigenvalue weighted by Gasteiger charge is -2.33. The van der Waals surface area contributed by atoms with Crippen LogP contribution in [0, 0.1) is 11.7 Å². The Kier molecular flexibility index (Phi) is 8.03.